The van der Waals surface area contributed by atoms with Crippen molar-refractivity contribution in [2.24, 2.45) is 5.92 Å². The second-order valence-corrected chi connectivity index (χ2v) is 7.80. The van der Waals surface area contributed by atoms with Gasteiger partial charge in [-0.15, -0.1) is 0 Å². The molecule has 1 N–H and O–H groups in total. The largest absolute Gasteiger partial charge is 0.371 e. The number of H-pyrrole nitrogens is 1. The van der Waals surface area contributed by atoms with Crippen LogP contribution in [0, 0.1) is 5.92 Å². The number of nitrogens with one attached hydrogen (secondary N) is 1. The number of nitrogens with zero attached hydrogens (tertiary/aromatic N) is 1. The molecule has 5 nitrogen and oxygen atoms in total. The maximum absolute atomic E-state index is 13.0. The lowest BCUT2D eigenvalue weighted by molar-refractivity contribution is -0.0874. The third-order valence-electron chi connectivity index (χ3n) is 5.29. The fourth-order valence-corrected chi connectivity index (χ4v) is 3.52. The summed E-state index contributed by atoms with van der Waals surface area (Å²) < 4.78 is 6.23. The van der Waals surface area contributed by atoms with E-state index in [0.29, 0.717) is 19.0 Å². The summed E-state index contributed by atoms with van der Waals surface area (Å²) in [5.74, 6) is 0.659. The third-order valence-corrected chi connectivity index (χ3v) is 5.29. The molecule has 1 saturated carbocycles. The molecule has 5 heteroatoms. The van der Waals surface area contributed by atoms with Gasteiger partial charge in [0.1, 0.15) is 5.56 Å². The number of carbonyl (C=O) groups excluding carboxylic acids is 1. The molecule has 2 fully saturated rings. The summed E-state index contributed by atoms with van der Waals surface area (Å²) in [7, 11) is 0. The van der Waals surface area contributed by atoms with E-state index in [0.717, 1.165) is 25.0 Å². The number of hydrogen-bond donors (Lipinski definition) is 1. The molecule has 0 radical (unpaired) electrons. The fourth-order valence-electron chi connectivity index (χ4n) is 3.52. The fraction of sp³-hybridized carbons (Fsp3) is 0.700. The lowest BCUT2D eigenvalue weighted by Gasteiger charge is -2.38. The van der Waals surface area contributed by atoms with Crippen molar-refractivity contribution in [2.75, 3.05) is 13.1 Å². The van der Waals surface area contributed by atoms with Crippen LogP contribution in [0.5, 0.6) is 0 Å². The van der Waals surface area contributed by atoms with Crippen LogP contribution in [0.4, 0.5) is 0 Å². The quantitative estimate of drug-likeness (QED) is 0.859. The van der Waals surface area contributed by atoms with Gasteiger partial charge in [0.15, 0.2) is 0 Å². The van der Waals surface area contributed by atoms with E-state index in [9.17, 15) is 9.59 Å². The summed E-state index contributed by atoms with van der Waals surface area (Å²) in [4.78, 5) is 30.0. The highest BCUT2D eigenvalue weighted by molar-refractivity contribution is 5.94. The van der Waals surface area contributed by atoms with Crippen LogP contribution in [0.2, 0.25) is 0 Å². The van der Waals surface area contributed by atoms with Crippen molar-refractivity contribution >= 4 is 5.91 Å². The zero-order valence-corrected chi connectivity index (χ0v) is 15.6. The standard InChI is InChI=1S/C20H30N2O3/c1-4-5-6-15-11-22(12-18(25-15)14-7-8-14)20(24)16-9-10-17(13(2)3)21-19(16)23/h9-10,13-15,18H,4-8,11-12H2,1-3H3,(H,21,23)/t15-,18-/m1/s1. The molecule has 1 saturated heterocycles. The Hall–Kier alpha value is -1.62. The van der Waals surface area contributed by atoms with Gasteiger partial charge in [-0.25, -0.2) is 0 Å². The smallest absolute Gasteiger partial charge is 0.261 e. The van der Waals surface area contributed by atoms with Gasteiger partial charge < -0.3 is 14.6 Å². The van der Waals surface area contributed by atoms with E-state index in [1.807, 2.05) is 24.8 Å². The second kappa shape index (κ2) is 7.73. The molecular formula is C20H30N2O3. The summed E-state index contributed by atoms with van der Waals surface area (Å²) in [6.07, 6.45) is 5.82. The second-order valence-electron chi connectivity index (χ2n) is 7.80. The average Bonchev–Trinajstić information content (AvgIpc) is 3.44. The molecule has 2 heterocycles. The minimum absolute atomic E-state index is 0.0947. The molecule has 0 unspecified atom stereocenters. The zero-order chi connectivity index (χ0) is 18.0. The summed E-state index contributed by atoms with van der Waals surface area (Å²) in [5.41, 5.74) is 0.825. The molecular weight excluding hydrogens is 316 g/mol. The van der Waals surface area contributed by atoms with Crippen molar-refractivity contribution in [1.29, 1.82) is 0 Å². The van der Waals surface area contributed by atoms with Gasteiger partial charge in [-0.05, 0) is 43.2 Å². The molecule has 1 aliphatic carbocycles. The van der Waals surface area contributed by atoms with Crippen LogP contribution >= 0.6 is 0 Å². The van der Waals surface area contributed by atoms with Crippen LogP contribution in [-0.2, 0) is 4.74 Å². The van der Waals surface area contributed by atoms with Crippen molar-refractivity contribution in [3.05, 3.63) is 33.7 Å². The number of aromatic nitrogens is 1. The molecule has 25 heavy (non-hydrogen) atoms. The zero-order valence-electron chi connectivity index (χ0n) is 15.6. The number of carbonyl (C=O) groups is 1. The molecule has 1 aromatic heterocycles. The lowest BCUT2D eigenvalue weighted by Crippen LogP contribution is -2.51. The Labute approximate surface area is 149 Å². The third kappa shape index (κ3) is 4.32. The SMILES string of the molecule is CCCC[C@@H]1CN(C(=O)c2ccc(C(C)C)[nH]c2=O)C[C@H](C2CC2)O1. The predicted molar refractivity (Wildman–Crippen MR) is 98.0 cm³/mol. The van der Waals surface area contributed by atoms with Gasteiger partial charge in [-0.2, -0.15) is 0 Å². The molecule has 1 aliphatic heterocycles. The first-order chi connectivity index (χ1) is 12.0. The minimum Gasteiger partial charge on any atom is -0.371 e. The van der Waals surface area contributed by atoms with Gasteiger partial charge in [0.05, 0.1) is 12.2 Å². The highest BCUT2D eigenvalue weighted by atomic mass is 16.5. The van der Waals surface area contributed by atoms with Gasteiger partial charge in [0, 0.05) is 18.8 Å². The number of ether oxygens (including phenoxy) is 1. The Kier molecular flexibility index (Phi) is 5.62. The topological polar surface area (TPSA) is 62.4 Å². The van der Waals surface area contributed by atoms with Crippen LogP contribution in [0.3, 0.4) is 0 Å². The summed E-state index contributed by atoms with van der Waals surface area (Å²) >= 11 is 0. The van der Waals surface area contributed by atoms with Crippen LogP contribution < -0.4 is 5.56 Å². The maximum Gasteiger partial charge on any atom is 0.261 e. The Morgan fingerprint density at radius 2 is 2.08 bits per heavy atom. The number of rotatable bonds is 6. The van der Waals surface area contributed by atoms with Crippen LogP contribution in [0.25, 0.3) is 0 Å². The monoisotopic (exact) mass is 346 g/mol. The number of aromatic amines is 1. The van der Waals surface area contributed by atoms with Crippen LogP contribution in [0.1, 0.15) is 74.8 Å². The number of unbranched alkanes of at least 4 members (excludes halogenated alkanes) is 1. The van der Waals surface area contributed by atoms with E-state index < -0.39 is 0 Å². The van der Waals surface area contributed by atoms with E-state index in [4.69, 9.17) is 4.74 Å². The maximum atomic E-state index is 13.0. The average molecular weight is 346 g/mol. The van der Waals surface area contributed by atoms with E-state index in [2.05, 4.69) is 11.9 Å². The van der Waals surface area contributed by atoms with E-state index >= 15 is 0 Å². The van der Waals surface area contributed by atoms with Crippen molar-refractivity contribution in [1.82, 2.24) is 9.88 Å². The van der Waals surface area contributed by atoms with E-state index in [1.165, 1.54) is 12.8 Å². The van der Waals surface area contributed by atoms with Crippen molar-refractivity contribution in [3.8, 4) is 0 Å². The van der Waals surface area contributed by atoms with E-state index in [-0.39, 0.29) is 35.2 Å². The summed E-state index contributed by atoms with van der Waals surface area (Å²) in [5, 5.41) is 0. The van der Waals surface area contributed by atoms with Crippen molar-refractivity contribution in [3.63, 3.8) is 0 Å². The Bertz CT molecular complexity index is 663. The normalized spacial score (nSPS) is 23.9. The Morgan fingerprint density at radius 3 is 2.68 bits per heavy atom. The molecule has 1 amide bonds. The van der Waals surface area contributed by atoms with Gasteiger partial charge in [-0.3, -0.25) is 9.59 Å². The first-order valence-corrected chi connectivity index (χ1v) is 9.67. The highest BCUT2D eigenvalue weighted by Gasteiger charge is 2.39. The Balaban J connectivity index is 1.76. The van der Waals surface area contributed by atoms with Gasteiger partial charge in [0.2, 0.25) is 0 Å². The van der Waals surface area contributed by atoms with Gasteiger partial charge in [0.25, 0.3) is 11.5 Å². The number of hydrogen-bond acceptors (Lipinski definition) is 3. The molecule has 3 rings (SSSR count). The summed E-state index contributed by atoms with van der Waals surface area (Å²) in [6.45, 7) is 7.41. The van der Waals surface area contributed by atoms with E-state index in [1.54, 1.807) is 6.07 Å². The Morgan fingerprint density at radius 1 is 1.32 bits per heavy atom. The number of pyridine rings is 1. The first-order valence-electron chi connectivity index (χ1n) is 9.67. The molecule has 0 aromatic carbocycles. The van der Waals surface area contributed by atoms with Crippen molar-refractivity contribution in [2.45, 2.75) is 71.0 Å². The molecule has 0 bridgehead atoms. The molecule has 2 atom stereocenters. The van der Waals surface area contributed by atoms with Gasteiger partial charge >= 0.3 is 0 Å². The molecule has 1 aromatic rings. The molecule has 2 aliphatic rings. The number of amides is 1. The highest BCUT2D eigenvalue weighted by Crippen LogP contribution is 2.37. The predicted octanol–water partition coefficient (Wildman–Crippen LogP) is 3.31. The van der Waals surface area contributed by atoms with Gasteiger partial charge in [-0.1, -0.05) is 33.6 Å². The first kappa shape index (κ1) is 18.2. The number of morpholine rings is 1. The minimum atomic E-state index is -0.282. The molecule has 0 spiro atoms. The lowest BCUT2D eigenvalue weighted by atomic mass is 10.1. The van der Waals surface area contributed by atoms with Crippen molar-refractivity contribution < 1.29 is 9.53 Å². The molecule has 138 valence electrons. The summed E-state index contributed by atoms with van der Waals surface area (Å²) in [6, 6.07) is 3.53. The van der Waals surface area contributed by atoms with Crippen LogP contribution in [0.15, 0.2) is 16.9 Å². The van der Waals surface area contributed by atoms with Crippen LogP contribution in [-0.4, -0.2) is 41.1 Å².